The molecule has 3 rings (SSSR count). The molecule has 0 aliphatic rings. The van der Waals surface area contributed by atoms with Gasteiger partial charge in [0.05, 0.1) is 5.69 Å². The molecule has 24 heavy (non-hydrogen) atoms. The molecule has 0 aliphatic carbocycles. The van der Waals surface area contributed by atoms with Crippen molar-refractivity contribution in [3.63, 3.8) is 0 Å². The van der Waals surface area contributed by atoms with Crippen molar-refractivity contribution < 1.29 is 4.79 Å². The second kappa shape index (κ2) is 6.52. The minimum atomic E-state index is -0.510. The molecular formula is C18H13Cl3N2O. The Kier molecular flexibility index (Phi) is 4.59. The lowest BCUT2D eigenvalue weighted by atomic mass is 10.0. The zero-order valence-electron chi connectivity index (χ0n) is 12.7. The van der Waals surface area contributed by atoms with Gasteiger partial charge in [0.15, 0.2) is 0 Å². The van der Waals surface area contributed by atoms with Crippen molar-refractivity contribution in [3.05, 3.63) is 69.3 Å². The number of primary amides is 1. The molecule has 0 saturated carbocycles. The molecule has 1 aromatic heterocycles. The van der Waals surface area contributed by atoms with Gasteiger partial charge in [-0.1, -0.05) is 53.0 Å². The molecular weight excluding hydrogens is 367 g/mol. The van der Waals surface area contributed by atoms with Crippen LogP contribution in [0.1, 0.15) is 10.5 Å². The second-order valence-corrected chi connectivity index (χ2v) is 6.63. The Morgan fingerprint density at radius 2 is 1.54 bits per heavy atom. The van der Waals surface area contributed by atoms with E-state index in [0.29, 0.717) is 20.8 Å². The van der Waals surface area contributed by atoms with Gasteiger partial charge in [-0.2, -0.15) is 0 Å². The molecule has 0 aliphatic heterocycles. The summed E-state index contributed by atoms with van der Waals surface area (Å²) in [6.45, 7) is 0. The van der Waals surface area contributed by atoms with Crippen LogP contribution in [-0.4, -0.2) is 10.5 Å². The third kappa shape index (κ3) is 3.03. The smallest absolute Gasteiger partial charge is 0.265 e. The molecule has 6 heteroatoms. The quantitative estimate of drug-likeness (QED) is 0.649. The fourth-order valence-corrected chi connectivity index (χ4v) is 3.35. The standard InChI is InChI=1S/C18H13Cl3N2O/c1-23-16(18(22)24)9-14(13-7-6-12(20)8-15(13)21)17(23)10-2-4-11(19)5-3-10/h2-9H,1H3,(H2,22,24). The largest absolute Gasteiger partial charge is 0.364 e. The number of hydrogen-bond donors (Lipinski definition) is 1. The number of hydrogen-bond acceptors (Lipinski definition) is 1. The van der Waals surface area contributed by atoms with Crippen LogP contribution in [0.5, 0.6) is 0 Å². The Bertz CT molecular complexity index is 930. The van der Waals surface area contributed by atoms with Gasteiger partial charge in [0.1, 0.15) is 5.69 Å². The van der Waals surface area contributed by atoms with Gasteiger partial charge in [-0.15, -0.1) is 0 Å². The van der Waals surface area contributed by atoms with E-state index in [1.807, 2.05) is 18.2 Å². The maximum atomic E-state index is 11.8. The maximum Gasteiger partial charge on any atom is 0.265 e. The molecule has 1 amide bonds. The number of nitrogens with zero attached hydrogens (tertiary/aromatic N) is 1. The van der Waals surface area contributed by atoms with Crippen LogP contribution in [0.4, 0.5) is 0 Å². The summed E-state index contributed by atoms with van der Waals surface area (Å²) in [6.07, 6.45) is 0. The van der Waals surface area contributed by atoms with Crippen molar-refractivity contribution >= 4 is 40.7 Å². The first-order valence-corrected chi connectivity index (χ1v) is 8.22. The van der Waals surface area contributed by atoms with Crippen LogP contribution in [0, 0.1) is 0 Å². The molecule has 0 fully saturated rings. The van der Waals surface area contributed by atoms with Crippen molar-refractivity contribution in [1.29, 1.82) is 0 Å². The molecule has 0 spiro atoms. The predicted octanol–water partition coefficient (Wildman–Crippen LogP) is 5.42. The minimum Gasteiger partial charge on any atom is -0.364 e. The summed E-state index contributed by atoms with van der Waals surface area (Å²) < 4.78 is 1.76. The molecule has 0 saturated heterocycles. The highest BCUT2D eigenvalue weighted by molar-refractivity contribution is 6.36. The van der Waals surface area contributed by atoms with Gasteiger partial charge in [-0.05, 0) is 35.9 Å². The molecule has 1 heterocycles. The summed E-state index contributed by atoms with van der Waals surface area (Å²) >= 11 is 18.3. The number of benzene rings is 2. The fourth-order valence-electron chi connectivity index (χ4n) is 2.71. The number of amides is 1. The monoisotopic (exact) mass is 378 g/mol. The van der Waals surface area contributed by atoms with E-state index < -0.39 is 5.91 Å². The van der Waals surface area contributed by atoms with Crippen LogP contribution in [0.2, 0.25) is 15.1 Å². The van der Waals surface area contributed by atoms with Crippen LogP contribution in [-0.2, 0) is 7.05 Å². The fraction of sp³-hybridized carbons (Fsp3) is 0.0556. The third-order valence-corrected chi connectivity index (χ3v) is 4.62. The molecule has 122 valence electrons. The van der Waals surface area contributed by atoms with E-state index in [9.17, 15) is 4.79 Å². The SMILES string of the molecule is Cn1c(C(N)=O)cc(-c2ccc(Cl)cc2Cl)c1-c1ccc(Cl)cc1. The zero-order chi connectivity index (χ0) is 17.4. The van der Waals surface area contributed by atoms with Crippen molar-refractivity contribution in [2.24, 2.45) is 12.8 Å². The van der Waals surface area contributed by atoms with Gasteiger partial charge in [0, 0.05) is 33.2 Å². The first-order chi connectivity index (χ1) is 11.4. The van der Waals surface area contributed by atoms with E-state index in [-0.39, 0.29) is 0 Å². The number of rotatable bonds is 3. The Balaban J connectivity index is 2.30. The lowest BCUT2D eigenvalue weighted by molar-refractivity contribution is 0.0993. The summed E-state index contributed by atoms with van der Waals surface area (Å²) in [7, 11) is 1.79. The minimum absolute atomic E-state index is 0.390. The molecule has 2 aromatic carbocycles. The summed E-state index contributed by atoms with van der Waals surface area (Å²) in [4.78, 5) is 11.8. The number of aromatic nitrogens is 1. The first-order valence-electron chi connectivity index (χ1n) is 7.09. The molecule has 0 unspecified atom stereocenters. The van der Waals surface area contributed by atoms with E-state index in [1.165, 1.54) is 0 Å². The molecule has 3 aromatic rings. The number of halogens is 3. The number of nitrogens with two attached hydrogens (primary N) is 1. The van der Waals surface area contributed by atoms with Gasteiger partial charge < -0.3 is 10.3 Å². The molecule has 0 radical (unpaired) electrons. The average Bonchev–Trinajstić information content (AvgIpc) is 2.86. The first kappa shape index (κ1) is 16.9. The van der Waals surface area contributed by atoms with E-state index in [4.69, 9.17) is 40.5 Å². The summed E-state index contributed by atoms with van der Waals surface area (Å²) in [6, 6.07) is 14.3. The Hall–Kier alpha value is -1.94. The van der Waals surface area contributed by atoms with Gasteiger partial charge in [0.25, 0.3) is 5.91 Å². The van der Waals surface area contributed by atoms with Crippen molar-refractivity contribution in [2.75, 3.05) is 0 Å². The van der Waals surface area contributed by atoms with E-state index >= 15 is 0 Å². The van der Waals surface area contributed by atoms with Crippen LogP contribution in [0.25, 0.3) is 22.4 Å². The lowest BCUT2D eigenvalue weighted by Gasteiger charge is -2.11. The van der Waals surface area contributed by atoms with E-state index in [0.717, 1.165) is 22.4 Å². The van der Waals surface area contributed by atoms with Gasteiger partial charge in [-0.3, -0.25) is 4.79 Å². The Labute approximate surface area is 154 Å². The van der Waals surface area contributed by atoms with Gasteiger partial charge in [-0.25, -0.2) is 0 Å². The topological polar surface area (TPSA) is 48.0 Å². The van der Waals surface area contributed by atoms with E-state index in [2.05, 4.69) is 0 Å². The van der Waals surface area contributed by atoms with Crippen molar-refractivity contribution in [2.45, 2.75) is 0 Å². The number of carbonyl (C=O) groups excluding carboxylic acids is 1. The zero-order valence-corrected chi connectivity index (χ0v) is 15.0. The van der Waals surface area contributed by atoms with Crippen molar-refractivity contribution in [3.8, 4) is 22.4 Å². The summed E-state index contributed by atoms with van der Waals surface area (Å²) in [5.41, 5.74) is 9.19. The van der Waals surface area contributed by atoms with Crippen LogP contribution < -0.4 is 5.73 Å². The second-order valence-electron chi connectivity index (χ2n) is 5.35. The molecule has 3 nitrogen and oxygen atoms in total. The number of carbonyl (C=O) groups is 1. The van der Waals surface area contributed by atoms with Crippen LogP contribution in [0.15, 0.2) is 48.5 Å². The van der Waals surface area contributed by atoms with Gasteiger partial charge in [0.2, 0.25) is 0 Å². The maximum absolute atomic E-state index is 11.8. The van der Waals surface area contributed by atoms with Crippen molar-refractivity contribution in [1.82, 2.24) is 4.57 Å². The highest BCUT2D eigenvalue weighted by atomic mass is 35.5. The molecule has 0 bridgehead atoms. The van der Waals surface area contributed by atoms with Crippen LogP contribution in [0.3, 0.4) is 0 Å². The highest BCUT2D eigenvalue weighted by Crippen LogP contribution is 2.39. The Morgan fingerprint density at radius 3 is 2.12 bits per heavy atom. The lowest BCUT2D eigenvalue weighted by Crippen LogP contribution is -2.15. The van der Waals surface area contributed by atoms with E-state index in [1.54, 1.807) is 41.9 Å². The highest BCUT2D eigenvalue weighted by Gasteiger charge is 2.20. The predicted molar refractivity (Wildman–Crippen MR) is 99.8 cm³/mol. The molecule has 2 N–H and O–H groups in total. The third-order valence-electron chi connectivity index (χ3n) is 3.82. The van der Waals surface area contributed by atoms with Gasteiger partial charge >= 0.3 is 0 Å². The normalized spacial score (nSPS) is 10.8. The summed E-state index contributed by atoms with van der Waals surface area (Å²) in [5.74, 6) is -0.510. The van der Waals surface area contributed by atoms with Crippen LogP contribution >= 0.6 is 34.8 Å². The summed E-state index contributed by atoms with van der Waals surface area (Å²) in [5, 5.41) is 1.68. The average molecular weight is 380 g/mol. The molecule has 0 atom stereocenters. The Morgan fingerprint density at radius 1 is 0.917 bits per heavy atom.